The second kappa shape index (κ2) is 6.71. The maximum absolute atomic E-state index is 12.1. The van der Waals surface area contributed by atoms with E-state index >= 15 is 0 Å². The summed E-state index contributed by atoms with van der Waals surface area (Å²) in [5.41, 5.74) is 0.0937. The molecule has 0 radical (unpaired) electrons. The van der Waals surface area contributed by atoms with Crippen molar-refractivity contribution in [2.75, 3.05) is 0 Å². The van der Waals surface area contributed by atoms with Gasteiger partial charge in [-0.25, -0.2) is 4.79 Å². The van der Waals surface area contributed by atoms with Crippen molar-refractivity contribution >= 4 is 5.97 Å². The number of hydrogen-bond donors (Lipinski definition) is 1. The van der Waals surface area contributed by atoms with Gasteiger partial charge in [-0.3, -0.25) is 0 Å². The Bertz CT molecular complexity index is 398. The van der Waals surface area contributed by atoms with Crippen LogP contribution in [0.1, 0.15) is 50.9 Å². The van der Waals surface area contributed by atoms with Gasteiger partial charge < -0.3 is 9.84 Å². The van der Waals surface area contributed by atoms with Gasteiger partial charge in [0.15, 0.2) is 0 Å². The first-order valence-corrected chi connectivity index (χ1v) is 6.87. The molecule has 0 spiro atoms. The molecule has 2 unspecified atom stereocenters. The summed E-state index contributed by atoms with van der Waals surface area (Å²) in [6.45, 7) is 7.77. The Hall–Kier alpha value is -1.35. The minimum Gasteiger partial charge on any atom is -0.458 e. The molecule has 0 fully saturated rings. The molecule has 0 aliphatic carbocycles. The van der Waals surface area contributed by atoms with Crippen molar-refractivity contribution in [3.63, 3.8) is 0 Å². The van der Waals surface area contributed by atoms with Crippen LogP contribution in [0.2, 0.25) is 0 Å². The minimum absolute atomic E-state index is 0.296. The lowest BCUT2D eigenvalue weighted by Gasteiger charge is -2.37. The zero-order chi connectivity index (χ0) is 14.5. The van der Waals surface area contributed by atoms with E-state index in [9.17, 15) is 9.90 Å². The van der Waals surface area contributed by atoms with Crippen LogP contribution in [-0.4, -0.2) is 23.3 Å². The lowest BCUT2D eigenvalue weighted by Crippen LogP contribution is -2.42. The molecule has 1 aromatic carbocycles. The molecule has 0 bridgehead atoms. The molecule has 0 saturated carbocycles. The fourth-order valence-electron chi connectivity index (χ4n) is 2.27. The van der Waals surface area contributed by atoms with Crippen molar-refractivity contribution in [3.8, 4) is 0 Å². The highest BCUT2D eigenvalue weighted by Gasteiger charge is 2.37. The third-order valence-corrected chi connectivity index (χ3v) is 3.70. The van der Waals surface area contributed by atoms with Crippen molar-refractivity contribution in [2.24, 2.45) is 5.41 Å². The number of carbonyl (C=O) groups is 1. The number of aliphatic hydroxyl groups is 1. The molecule has 106 valence electrons. The van der Waals surface area contributed by atoms with E-state index in [1.807, 2.05) is 45.9 Å². The predicted molar refractivity (Wildman–Crippen MR) is 76.0 cm³/mol. The molecule has 0 aliphatic heterocycles. The molecule has 3 heteroatoms. The molecule has 1 aromatic rings. The topological polar surface area (TPSA) is 46.5 Å². The van der Waals surface area contributed by atoms with E-state index in [1.54, 1.807) is 12.1 Å². The van der Waals surface area contributed by atoms with Crippen LogP contribution in [0.5, 0.6) is 0 Å². The summed E-state index contributed by atoms with van der Waals surface area (Å²) in [6.07, 6.45) is 0.547. The van der Waals surface area contributed by atoms with Gasteiger partial charge in [-0.1, -0.05) is 45.9 Å². The molecule has 0 heterocycles. The quantitative estimate of drug-likeness (QED) is 0.801. The number of rotatable bonds is 6. The van der Waals surface area contributed by atoms with Gasteiger partial charge in [0.05, 0.1) is 11.7 Å². The van der Waals surface area contributed by atoms with Crippen LogP contribution >= 0.6 is 0 Å². The SMILES string of the molecule is CCC(O)C(C)(C)C(CC)OC(=O)c1ccccc1. The second-order valence-corrected chi connectivity index (χ2v) is 5.41. The molecule has 1 N–H and O–H groups in total. The van der Waals surface area contributed by atoms with Gasteiger partial charge in [-0.2, -0.15) is 0 Å². The first-order valence-electron chi connectivity index (χ1n) is 6.87. The summed E-state index contributed by atoms with van der Waals surface area (Å²) < 4.78 is 5.57. The van der Waals surface area contributed by atoms with Crippen LogP contribution in [0.4, 0.5) is 0 Å². The summed E-state index contributed by atoms with van der Waals surface area (Å²) >= 11 is 0. The average molecular weight is 264 g/mol. The van der Waals surface area contributed by atoms with Crippen LogP contribution in [0, 0.1) is 5.41 Å². The number of hydrogen-bond acceptors (Lipinski definition) is 3. The summed E-state index contributed by atoms with van der Waals surface area (Å²) in [4.78, 5) is 12.1. The highest BCUT2D eigenvalue weighted by molar-refractivity contribution is 5.89. The van der Waals surface area contributed by atoms with E-state index in [-0.39, 0.29) is 12.1 Å². The number of benzene rings is 1. The molecule has 19 heavy (non-hydrogen) atoms. The van der Waals surface area contributed by atoms with E-state index in [4.69, 9.17) is 4.74 Å². The molecule has 1 rings (SSSR count). The predicted octanol–water partition coefficient (Wildman–Crippen LogP) is 3.42. The second-order valence-electron chi connectivity index (χ2n) is 5.41. The van der Waals surface area contributed by atoms with Crippen LogP contribution in [0.15, 0.2) is 30.3 Å². The first-order chi connectivity index (χ1) is 8.93. The number of aliphatic hydroxyl groups excluding tert-OH is 1. The van der Waals surface area contributed by atoms with Crippen molar-refractivity contribution in [1.29, 1.82) is 0 Å². The zero-order valence-corrected chi connectivity index (χ0v) is 12.2. The molecule has 0 saturated heterocycles. The van der Waals surface area contributed by atoms with E-state index in [1.165, 1.54) is 0 Å². The Labute approximate surface area is 115 Å². The normalized spacial score (nSPS) is 14.8. The largest absolute Gasteiger partial charge is 0.458 e. The molecule has 0 amide bonds. The molecular weight excluding hydrogens is 240 g/mol. The summed E-state index contributed by atoms with van der Waals surface area (Å²) in [6, 6.07) is 8.95. The fraction of sp³-hybridized carbons (Fsp3) is 0.562. The van der Waals surface area contributed by atoms with Gasteiger partial charge in [-0.05, 0) is 25.0 Å². The number of ether oxygens (including phenoxy) is 1. The molecule has 0 aromatic heterocycles. The Morgan fingerprint density at radius 3 is 2.26 bits per heavy atom. The van der Waals surface area contributed by atoms with Gasteiger partial charge in [0, 0.05) is 5.41 Å². The Balaban J connectivity index is 2.80. The monoisotopic (exact) mass is 264 g/mol. The van der Waals surface area contributed by atoms with Gasteiger partial charge in [0.25, 0.3) is 0 Å². The van der Waals surface area contributed by atoms with Crippen LogP contribution in [0.3, 0.4) is 0 Å². The fourth-order valence-corrected chi connectivity index (χ4v) is 2.27. The summed E-state index contributed by atoms with van der Waals surface area (Å²) in [7, 11) is 0. The number of carbonyl (C=O) groups excluding carboxylic acids is 1. The van der Waals surface area contributed by atoms with E-state index in [0.717, 1.165) is 0 Å². The van der Waals surface area contributed by atoms with Crippen LogP contribution in [0.25, 0.3) is 0 Å². The standard InChI is InChI=1S/C16H24O3/c1-5-13(17)16(3,4)14(6-2)19-15(18)12-10-8-7-9-11-12/h7-11,13-14,17H,5-6H2,1-4H3. The van der Waals surface area contributed by atoms with Gasteiger partial charge in [0.1, 0.15) is 6.10 Å². The Morgan fingerprint density at radius 1 is 1.21 bits per heavy atom. The zero-order valence-electron chi connectivity index (χ0n) is 12.2. The molecule has 3 nitrogen and oxygen atoms in total. The van der Waals surface area contributed by atoms with Crippen molar-refractivity contribution < 1.29 is 14.6 Å². The van der Waals surface area contributed by atoms with Gasteiger partial charge in [-0.15, -0.1) is 0 Å². The molecule has 0 aliphatic rings. The summed E-state index contributed by atoms with van der Waals surface area (Å²) in [5, 5.41) is 10.1. The van der Waals surface area contributed by atoms with Gasteiger partial charge >= 0.3 is 5.97 Å². The van der Waals surface area contributed by atoms with E-state index < -0.39 is 11.5 Å². The average Bonchev–Trinajstić information content (AvgIpc) is 2.44. The third kappa shape index (κ3) is 3.80. The van der Waals surface area contributed by atoms with Crippen molar-refractivity contribution in [2.45, 2.75) is 52.7 Å². The highest BCUT2D eigenvalue weighted by atomic mass is 16.5. The highest BCUT2D eigenvalue weighted by Crippen LogP contribution is 2.32. The Kier molecular flexibility index (Phi) is 5.55. The van der Waals surface area contributed by atoms with Crippen molar-refractivity contribution in [3.05, 3.63) is 35.9 Å². The van der Waals surface area contributed by atoms with E-state index in [0.29, 0.717) is 18.4 Å². The van der Waals surface area contributed by atoms with Crippen molar-refractivity contribution in [1.82, 2.24) is 0 Å². The smallest absolute Gasteiger partial charge is 0.338 e. The Morgan fingerprint density at radius 2 is 1.79 bits per heavy atom. The molecule has 2 atom stereocenters. The third-order valence-electron chi connectivity index (χ3n) is 3.70. The lowest BCUT2D eigenvalue weighted by molar-refractivity contribution is -0.0643. The number of esters is 1. The van der Waals surface area contributed by atoms with Crippen LogP contribution in [-0.2, 0) is 4.74 Å². The maximum Gasteiger partial charge on any atom is 0.338 e. The summed E-state index contributed by atoms with van der Waals surface area (Å²) in [5.74, 6) is -0.330. The minimum atomic E-state index is -0.485. The lowest BCUT2D eigenvalue weighted by atomic mass is 9.78. The first kappa shape index (κ1) is 15.7. The van der Waals surface area contributed by atoms with Crippen LogP contribution < -0.4 is 0 Å². The molecular formula is C16H24O3. The van der Waals surface area contributed by atoms with E-state index in [2.05, 4.69) is 0 Å². The maximum atomic E-state index is 12.1. The van der Waals surface area contributed by atoms with Gasteiger partial charge in [0.2, 0.25) is 0 Å².